The van der Waals surface area contributed by atoms with Crippen molar-refractivity contribution in [2.45, 2.75) is 6.54 Å². The maximum atomic E-state index is 14.6. The van der Waals surface area contributed by atoms with Crippen LogP contribution in [0, 0.1) is 11.6 Å². The zero-order valence-corrected chi connectivity index (χ0v) is 18.1. The number of carboxylic acid groups (broad SMARTS) is 1. The number of aromatic carboxylic acids is 1. The summed E-state index contributed by atoms with van der Waals surface area (Å²) in [5.41, 5.74) is 3.81. The summed E-state index contributed by atoms with van der Waals surface area (Å²) in [4.78, 5) is 24.7. The second-order valence-corrected chi connectivity index (χ2v) is 7.99. The van der Waals surface area contributed by atoms with Crippen LogP contribution in [0.25, 0.3) is 11.3 Å². The van der Waals surface area contributed by atoms with Crippen LogP contribution in [-0.4, -0.2) is 26.8 Å². The van der Waals surface area contributed by atoms with E-state index >= 15 is 0 Å². The Bertz CT molecular complexity index is 1470. The standard InChI is InChI=1S/C25H15ClF2N4O2/c26-15-3-7-18-20(9-15)23(19-8-4-16(27)10-21(19)28)29-11-14-12-30-25(32-22(14)18)31-17-5-1-13(2-6-17)24(33)34/h1-10,12H,11H2,(H,33,34)(H,30,31,32). The van der Waals surface area contributed by atoms with Gasteiger partial charge in [0.15, 0.2) is 0 Å². The van der Waals surface area contributed by atoms with Crippen LogP contribution in [-0.2, 0) is 6.54 Å². The summed E-state index contributed by atoms with van der Waals surface area (Å²) >= 11 is 6.25. The van der Waals surface area contributed by atoms with E-state index in [-0.39, 0.29) is 17.7 Å². The molecule has 4 aromatic rings. The molecular weight excluding hydrogens is 462 g/mol. The predicted molar refractivity (Wildman–Crippen MR) is 125 cm³/mol. The number of rotatable bonds is 4. The van der Waals surface area contributed by atoms with Gasteiger partial charge in [-0.2, -0.15) is 0 Å². The van der Waals surface area contributed by atoms with E-state index in [0.717, 1.165) is 6.07 Å². The summed E-state index contributed by atoms with van der Waals surface area (Å²) < 4.78 is 28.1. The quantitative estimate of drug-likeness (QED) is 0.385. The summed E-state index contributed by atoms with van der Waals surface area (Å²) in [5.74, 6) is -2.13. The minimum Gasteiger partial charge on any atom is -0.478 e. The maximum Gasteiger partial charge on any atom is 0.335 e. The summed E-state index contributed by atoms with van der Waals surface area (Å²) in [7, 11) is 0. The zero-order chi connectivity index (χ0) is 23.8. The highest BCUT2D eigenvalue weighted by Gasteiger charge is 2.23. The molecule has 0 spiro atoms. The topological polar surface area (TPSA) is 87.5 Å². The molecule has 1 aromatic heterocycles. The van der Waals surface area contributed by atoms with Gasteiger partial charge in [0, 0.05) is 45.2 Å². The number of hydrogen-bond donors (Lipinski definition) is 2. The van der Waals surface area contributed by atoms with E-state index in [4.69, 9.17) is 16.7 Å². The Morgan fingerprint density at radius 2 is 1.74 bits per heavy atom. The highest BCUT2D eigenvalue weighted by molar-refractivity contribution is 6.31. The lowest BCUT2D eigenvalue weighted by atomic mass is 9.95. The Morgan fingerprint density at radius 1 is 0.971 bits per heavy atom. The van der Waals surface area contributed by atoms with Crippen LogP contribution < -0.4 is 5.32 Å². The van der Waals surface area contributed by atoms with Crippen LogP contribution in [0.4, 0.5) is 20.4 Å². The molecule has 2 heterocycles. The Morgan fingerprint density at radius 3 is 2.47 bits per heavy atom. The first kappa shape index (κ1) is 21.7. The molecule has 0 fully saturated rings. The van der Waals surface area contributed by atoms with Crippen molar-refractivity contribution < 1.29 is 18.7 Å². The average molecular weight is 477 g/mol. The Labute approximate surface area is 197 Å². The number of halogens is 3. The monoisotopic (exact) mass is 476 g/mol. The lowest BCUT2D eigenvalue weighted by Gasteiger charge is -2.13. The molecule has 1 aliphatic rings. The minimum absolute atomic E-state index is 0.155. The van der Waals surface area contributed by atoms with Crippen LogP contribution in [0.15, 0.2) is 71.9 Å². The average Bonchev–Trinajstić information content (AvgIpc) is 2.96. The zero-order valence-electron chi connectivity index (χ0n) is 17.4. The molecule has 0 bridgehead atoms. The van der Waals surface area contributed by atoms with Crippen molar-refractivity contribution in [1.82, 2.24) is 9.97 Å². The minimum atomic E-state index is -1.02. The Hall–Kier alpha value is -4.17. The molecule has 9 heteroatoms. The molecular formula is C25H15ClF2N4O2. The van der Waals surface area contributed by atoms with Gasteiger partial charge in [-0.25, -0.2) is 23.5 Å². The molecule has 0 unspecified atom stereocenters. The van der Waals surface area contributed by atoms with Gasteiger partial charge in [-0.3, -0.25) is 4.99 Å². The van der Waals surface area contributed by atoms with Crippen molar-refractivity contribution >= 4 is 34.9 Å². The van der Waals surface area contributed by atoms with Crippen molar-refractivity contribution in [1.29, 1.82) is 0 Å². The predicted octanol–water partition coefficient (Wildman–Crippen LogP) is 5.87. The molecule has 3 aromatic carbocycles. The fraction of sp³-hybridized carbons (Fsp3) is 0.0400. The van der Waals surface area contributed by atoms with Crippen LogP contribution in [0.1, 0.15) is 27.0 Å². The van der Waals surface area contributed by atoms with Crippen molar-refractivity contribution in [2.75, 3.05) is 5.32 Å². The molecule has 6 nitrogen and oxygen atoms in total. The number of aliphatic imine (C=N–C) groups is 1. The van der Waals surface area contributed by atoms with Crippen LogP contribution in [0.5, 0.6) is 0 Å². The van der Waals surface area contributed by atoms with Gasteiger partial charge < -0.3 is 10.4 Å². The van der Waals surface area contributed by atoms with Gasteiger partial charge in [0.05, 0.1) is 23.5 Å². The highest BCUT2D eigenvalue weighted by atomic mass is 35.5. The van der Waals surface area contributed by atoms with Crippen molar-refractivity contribution in [3.05, 3.63) is 106 Å². The van der Waals surface area contributed by atoms with Crippen LogP contribution >= 0.6 is 11.6 Å². The normalized spacial score (nSPS) is 12.3. The van der Waals surface area contributed by atoms with E-state index in [1.807, 2.05) is 0 Å². The molecule has 34 heavy (non-hydrogen) atoms. The SMILES string of the molecule is O=C(O)c1ccc(Nc2ncc3c(n2)-c2ccc(Cl)cc2C(c2ccc(F)cc2F)=NC3)cc1. The van der Waals surface area contributed by atoms with E-state index in [2.05, 4.69) is 20.3 Å². The van der Waals surface area contributed by atoms with E-state index in [9.17, 15) is 13.6 Å². The summed E-state index contributed by atoms with van der Waals surface area (Å²) in [6.07, 6.45) is 1.63. The third-order valence-corrected chi connectivity index (χ3v) is 5.57. The fourth-order valence-electron chi connectivity index (χ4n) is 3.72. The molecule has 0 radical (unpaired) electrons. The van der Waals surface area contributed by atoms with Crippen LogP contribution in [0.2, 0.25) is 5.02 Å². The number of fused-ring (bicyclic) bond motifs is 3. The first-order valence-electron chi connectivity index (χ1n) is 10.2. The third-order valence-electron chi connectivity index (χ3n) is 5.34. The Kier molecular flexibility index (Phi) is 5.51. The van der Waals surface area contributed by atoms with Crippen molar-refractivity contribution in [3.8, 4) is 11.3 Å². The summed E-state index contributed by atoms with van der Waals surface area (Å²) in [6.45, 7) is 0.182. The number of hydrogen-bond acceptors (Lipinski definition) is 5. The van der Waals surface area contributed by atoms with Crippen molar-refractivity contribution in [2.24, 2.45) is 4.99 Å². The number of benzene rings is 3. The number of carbonyl (C=O) groups is 1. The van der Waals surface area contributed by atoms with Gasteiger partial charge in [-0.15, -0.1) is 0 Å². The first-order valence-corrected chi connectivity index (χ1v) is 10.5. The highest BCUT2D eigenvalue weighted by Crippen LogP contribution is 2.34. The molecule has 0 amide bonds. The van der Waals surface area contributed by atoms with E-state index in [1.54, 1.807) is 36.5 Å². The van der Waals surface area contributed by atoms with Gasteiger partial charge in [-0.05, 0) is 48.5 Å². The first-order chi connectivity index (χ1) is 16.4. The molecule has 2 N–H and O–H groups in total. The molecule has 1 aliphatic heterocycles. The third kappa shape index (κ3) is 4.11. The number of nitrogens with one attached hydrogen (secondary N) is 1. The van der Waals surface area contributed by atoms with Crippen LogP contribution in [0.3, 0.4) is 0 Å². The van der Waals surface area contributed by atoms with Gasteiger partial charge in [0.25, 0.3) is 0 Å². The largest absolute Gasteiger partial charge is 0.478 e. The second kappa shape index (κ2) is 8.64. The Balaban J connectivity index is 1.57. The number of aromatic nitrogens is 2. The number of nitrogens with zero attached hydrogens (tertiary/aromatic N) is 3. The molecule has 5 rings (SSSR count). The molecule has 0 atom stereocenters. The fourth-order valence-corrected chi connectivity index (χ4v) is 3.89. The summed E-state index contributed by atoms with van der Waals surface area (Å²) in [6, 6.07) is 14.7. The molecule has 168 valence electrons. The number of anilines is 2. The van der Waals surface area contributed by atoms with E-state index in [0.29, 0.717) is 44.8 Å². The second-order valence-electron chi connectivity index (χ2n) is 7.55. The molecule has 0 saturated carbocycles. The maximum absolute atomic E-state index is 14.6. The van der Waals surface area contributed by atoms with Crippen molar-refractivity contribution in [3.63, 3.8) is 0 Å². The van der Waals surface area contributed by atoms with Gasteiger partial charge in [0.2, 0.25) is 5.95 Å². The lowest BCUT2D eigenvalue weighted by Crippen LogP contribution is -2.08. The van der Waals surface area contributed by atoms with Gasteiger partial charge >= 0.3 is 5.97 Å². The van der Waals surface area contributed by atoms with Gasteiger partial charge in [0.1, 0.15) is 11.6 Å². The number of carboxylic acids is 1. The van der Waals surface area contributed by atoms with E-state index < -0.39 is 17.6 Å². The lowest BCUT2D eigenvalue weighted by molar-refractivity contribution is 0.0697. The smallest absolute Gasteiger partial charge is 0.335 e. The molecule has 0 aliphatic carbocycles. The molecule has 0 saturated heterocycles. The summed E-state index contributed by atoms with van der Waals surface area (Å²) in [5, 5.41) is 12.6. The van der Waals surface area contributed by atoms with E-state index in [1.165, 1.54) is 24.3 Å². The van der Waals surface area contributed by atoms with Gasteiger partial charge in [-0.1, -0.05) is 17.7 Å².